The van der Waals surface area contributed by atoms with E-state index in [1.165, 1.54) is 0 Å². The van der Waals surface area contributed by atoms with E-state index in [1.807, 2.05) is 19.1 Å². The number of hydrogen-bond donors (Lipinski definition) is 1. The molecule has 1 amide bonds. The van der Waals surface area contributed by atoms with E-state index in [0.29, 0.717) is 23.2 Å². The summed E-state index contributed by atoms with van der Waals surface area (Å²) in [7, 11) is 0. The lowest BCUT2D eigenvalue weighted by atomic mass is 10.1. The van der Waals surface area contributed by atoms with Crippen molar-refractivity contribution in [2.24, 2.45) is 5.92 Å². The molecule has 0 aliphatic carbocycles. The van der Waals surface area contributed by atoms with Gasteiger partial charge in [0.05, 0.1) is 11.6 Å². The maximum atomic E-state index is 12.0. The standard InChI is InChI=1S/C15H20ClNO3/c1-10-3-4-13(16)14(7-10)20-11(2)15(18)17-8-12-5-6-19-9-12/h3-4,7,11-12H,5-6,8-9H2,1-2H3,(H,17,18)/t11-,12+/m1/s1. The molecule has 2 rings (SSSR count). The van der Waals surface area contributed by atoms with E-state index in [4.69, 9.17) is 21.1 Å². The fourth-order valence-corrected chi connectivity index (χ4v) is 2.24. The van der Waals surface area contributed by atoms with Crippen LogP contribution in [0.4, 0.5) is 0 Å². The first-order chi connectivity index (χ1) is 9.56. The second-order valence-electron chi connectivity index (χ2n) is 5.17. The van der Waals surface area contributed by atoms with Crippen molar-refractivity contribution in [3.63, 3.8) is 0 Å². The van der Waals surface area contributed by atoms with Crippen LogP contribution in [-0.2, 0) is 9.53 Å². The highest BCUT2D eigenvalue weighted by Crippen LogP contribution is 2.26. The second-order valence-corrected chi connectivity index (χ2v) is 5.58. The highest BCUT2D eigenvalue weighted by atomic mass is 35.5. The molecule has 1 N–H and O–H groups in total. The molecule has 4 nitrogen and oxygen atoms in total. The number of benzene rings is 1. The summed E-state index contributed by atoms with van der Waals surface area (Å²) in [6.07, 6.45) is 0.427. The van der Waals surface area contributed by atoms with Crippen LogP contribution in [0.2, 0.25) is 5.02 Å². The van der Waals surface area contributed by atoms with Gasteiger partial charge in [0.2, 0.25) is 0 Å². The van der Waals surface area contributed by atoms with E-state index in [-0.39, 0.29) is 5.91 Å². The number of hydrogen-bond acceptors (Lipinski definition) is 3. The first kappa shape index (κ1) is 15.1. The van der Waals surface area contributed by atoms with Crippen molar-refractivity contribution in [1.29, 1.82) is 0 Å². The van der Waals surface area contributed by atoms with Crippen molar-refractivity contribution in [1.82, 2.24) is 5.32 Å². The van der Waals surface area contributed by atoms with Crippen molar-refractivity contribution >= 4 is 17.5 Å². The molecule has 1 aliphatic heterocycles. The van der Waals surface area contributed by atoms with Crippen LogP contribution < -0.4 is 10.1 Å². The van der Waals surface area contributed by atoms with Gasteiger partial charge in [-0.2, -0.15) is 0 Å². The van der Waals surface area contributed by atoms with Crippen LogP contribution in [-0.4, -0.2) is 31.8 Å². The molecule has 1 aromatic rings. The van der Waals surface area contributed by atoms with Crippen LogP contribution in [0.3, 0.4) is 0 Å². The number of aryl methyl sites for hydroxylation is 1. The van der Waals surface area contributed by atoms with Crippen LogP contribution in [0, 0.1) is 12.8 Å². The molecule has 2 atom stereocenters. The molecular formula is C15H20ClNO3. The Kier molecular flexibility index (Phi) is 5.26. The topological polar surface area (TPSA) is 47.6 Å². The Hall–Kier alpha value is -1.26. The quantitative estimate of drug-likeness (QED) is 0.908. The Labute approximate surface area is 124 Å². The zero-order valence-electron chi connectivity index (χ0n) is 11.8. The highest BCUT2D eigenvalue weighted by Gasteiger charge is 2.20. The van der Waals surface area contributed by atoms with E-state index in [0.717, 1.165) is 25.2 Å². The Bertz CT molecular complexity index is 472. The van der Waals surface area contributed by atoms with Crippen LogP contribution in [0.25, 0.3) is 0 Å². The van der Waals surface area contributed by atoms with Crippen LogP contribution in [0.1, 0.15) is 18.9 Å². The molecule has 1 fully saturated rings. The fraction of sp³-hybridized carbons (Fsp3) is 0.533. The van der Waals surface area contributed by atoms with Gasteiger partial charge in [0.25, 0.3) is 5.91 Å². The minimum absolute atomic E-state index is 0.130. The van der Waals surface area contributed by atoms with Gasteiger partial charge >= 0.3 is 0 Å². The lowest BCUT2D eigenvalue weighted by molar-refractivity contribution is -0.127. The number of amides is 1. The molecule has 0 saturated carbocycles. The van der Waals surface area contributed by atoms with E-state index in [9.17, 15) is 4.79 Å². The van der Waals surface area contributed by atoms with Crippen molar-refractivity contribution in [2.75, 3.05) is 19.8 Å². The third kappa shape index (κ3) is 4.12. The molecule has 0 aromatic heterocycles. The molecular weight excluding hydrogens is 278 g/mol. The van der Waals surface area contributed by atoms with Gasteiger partial charge in [-0.15, -0.1) is 0 Å². The number of carbonyl (C=O) groups excluding carboxylic acids is 1. The third-order valence-corrected chi connectivity index (χ3v) is 3.66. The van der Waals surface area contributed by atoms with Gasteiger partial charge in [-0.05, 0) is 38.0 Å². The van der Waals surface area contributed by atoms with Crippen molar-refractivity contribution in [2.45, 2.75) is 26.4 Å². The second kappa shape index (κ2) is 6.95. The maximum Gasteiger partial charge on any atom is 0.260 e. The zero-order valence-corrected chi connectivity index (χ0v) is 12.6. The predicted molar refractivity (Wildman–Crippen MR) is 78.2 cm³/mol. The summed E-state index contributed by atoms with van der Waals surface area (Å²) in [5.41, 5.74) is 1.04. The largest absolute Gasteiger partial charge is 0.479 e. The molecule has 1 aliphatic rings. The molecule has 5 heteroatoms. The van der Waals surface area contributed by atoms with Gasteiger partial charge < -0.3 is 14.8 Å². The average molecular weight is 298 g/mol. The summed E-state index contributed by atoms with van der Waals surface area (Å²) in [5, 5.41) is 3.41. The number of carbonyl (C=O) groups is 1. The Morgan fingerprint density at radius 1 is 1.60 bits per heavy atom. The number of ether oxygens (including phenoxy) is 2. The zero-order chi connectivity index (χ0) is 14.5. The van der Waals surface area contributed by atoms with E-state index in [1.54, 1.807) is 13.0 Å². The first-order valence-corrected chi connectivity index (χ1v) is 7.22. The van der Waals surface area contributed by atoms with Crippen molar-refractivity contribution in [3.8, 4) is 5.75 Å². The molecule has 0 bridgehead atoms. The van der Waals surface area contributed by atoms with E-state index in [2.05, 4.69) is 5.32 Å². The lowest BCUT2D eigenvalue weighted by Crippen LogP contribution is -2.39. The average Bonchev–Trinajstić information content (AvgIpc) is 2.93. The van der Waals surface area contributed by atoms with E-state index < -0.39 is 6.10 Å². The SMILES string of the molecule is Cc1ccc(Cl)c(O[C@H](C)C(=O)NC[C@@H]2CCOC2)c1. The van der Waals surface area contributed by atoms with Gasteiger partial charge in [0, 0.05) is 19.1 Å². The summed E-state index contributed by atoms with van der Waals surface area (Å²) in [6.45, 7) is 5.81. The monoisotopic (exact) mass is 297 g/mol. The Balaban J connectivity index is 1.85. The van der Waals surface area contributed by atoms with Gasteiger partial charge in [-0.3, -0.25) is 4.79 Å². The van der Waals surface area contributed by atoms with Gasteiger partial charge in [-0.1, -0.05) is 17.7 Å². The Morgan fingerprint density at radius 3 is 3.10 bits per heavy atom. The lowest BCUT2D eigenvalue weighted by Gasteiger charge is -2.17. The predicted octanol–water partition coefficient (Wildman–Crippen LogP) is 2.57. The summed E-state index contributed by atoms with van der Waals surface area (Å²) in [5.74, 6) is 0.821. The summed E-state index contributed by atoms with van der Waals surface area (Å²) >= 11 is 6.05. The smallest absolute Gasteiger partial charge is 0.260 e. The number of halogens is 1. The number of nitrogens with one attached hydrogen (secondary N) is 1. The maximum absolute atomic E-state index is 12.0. The van der Waals surface area contributed by atoms with Crippen LogP contribution >= 0.6 is 11.6 Å². The molecule has 0 unspecified atom stereocenters. The fourth-order valence-electron chi connectivity index (χ4n) is 2.08. The summed E-state index contributed by atoms with van der Waals surface area (Å²) in [6, 6.07) is 5.50. The first-order valence-electron chi connectivity index (χ1n) is 6.84. The van der Waals surface area contributed by atoms with Crippen molar-refractivity contribution < 1.29 is 14.3 Å². The van der Waals surface area contributed by atoms with Gasteiger partial charge in [0.15, 0.2) is 6.10 Å². The molecule has 1 heterocycles. The molecule has 1 saturated heterocycles. The van der Waals surface area contributed by atoms with E-state index >= 15 is 0 Å². The molecule has 0 radical (unpaired) electrons. The molecule has 20 heavy (non-hydrogen) atoms. The Morgan fingerprint density at radius 2 is 2.40 bits per heavy atom. The highest BCUT2D eigenvalue weighted by molar-refractivity contribution is 6.32. The van der Waals surface area contributed by atoms with Gasteiger partial charge in [-0.25, -0.2) is 0 Å². The minimum Gasteiger partial charge on any atom is -0.479 e. The number of rotatable bonds is 5. The normalized spacial score (nSPS) is 19.6. The molecule has 0 spiro atoms. The van der Waals surface area contributed by atoms with Crippen LogP contribution in [0.15, 0.2) is 18.2 Å². The summed E-state index contributed by atoms with van der Waals surface area (Å²) < 4.78 is 10.9. The molecule has 1 aromatic carbocycles. The third-order valence-electron chi connectivity index (χ3n) is 3.35. The molecule has 110 valence electrons. The van der Waals surface area contributed by atoms with Gasteiger partial charge in [0.1, 0.15) is 5.75 Å². The van der Waals surface area contributed by atoms with Crippen molar-refractivity contribution in [3.05, 3.63) is 28.8 Å². The van der Waals surface area contributed by atoms with Crippen LogP contribution in [0.5, 0.6) is 5.75 Å². The minimum atomic E-state index is -0.573. The summed E-state index contributed by atoms with van der Waals surface area (Å²) in [4.78, 5) is 12.0.